The molecule has 1 atom stereocenters. The SMILES string of the molecule is Cc1csc([C@H]2COCCN2c2ncc([N+](=O)[O-])cc2Cl)n1. The number of aromatic nitrogens is 2. The third kappa shape index (κ3) is 2.90. The lowest BCUT2D eigenvalue weighted by Crippen LogP contribution is -2.40. The Labute approximate surface area is 135 Å². The third-order valence-corrected chi connectivity index (χ3v) is 4.68. The van der Waals surface area contributed by atoms with Gasteiger partial charge in [0.25, 0.3) is 5.69 Å². The van der Waals surface area contributed by atoms with Crippen LogP contribution >= 0.6 is 22.9 Å². The van der Waals surface area contributed by atoms with Crippen LogP contribution in [0.5, 0.6) is 0 Å². The predicted octanol–water partition coefficient (Wildman–Crippen LogP) is 2.99. The van der Waals surface area contributed by atoms with E-state index in [1.54, 1.807) is 11.3 Å². The molecule has 0 aliphatic carbocycles. The van der Waals surface area contributed by atoms with Gasteiger partial charge in [0.2, 0.25) is 0 Å². The number of aryl methyl sites for hydroxylation is 1. The smallest absolute Gasteiger partial charge is 0.289 e. The zero-order valence-electron chi connectivity index (χ0n) is 11.7. The first-order valence-electron chi connectivity index (χ1n) is 6.62. The van der Waals surface area contributed by atoms with Crippen LogP contribution in [0.2, 0.25) is 5.02 Å². The number of nitrogens with zero attached hydrogens (tertiary/aromatic N) is 4. The molecule has 0 amide bonds. The summed E-state index contributed by atoms with van der Waals surface area (Å²) >= 11 is 7.75. The first-order valence-corrected chi connectivity index (χ1v) is 7.88. The minimum Gasteiger partial charge on any atom is -0.377 e. The number of ether oxygens (including phenoxy) is 1. The van der Waals surface area contributed by atoms with Crippen LogP contribution in [0.15, 0.2) is 17.6 Å². The average molecular weight is 341 g/mol. The van der Waals surface area contributed by atoms with Gasteiger partial charge >= 0.3 is 0 Å². The number of hydrogen-bond donors (Lipinski definition) is 0. The van der Waals surface area contributed by atoms with Gasteiger partial charge in [0.1, 0.15) is 23.1 Å². The van der Waals surface area contributed by atoms with E-state index < -0.39 is 4.92 Å². The molecule has 116 valence electrons. The van der Waals surface area contributed by atoms with Gasteiger partial charge in [-0.25, -0.2) is 9.97 Å². The van der Waals surface area contributed by atoms with E-state index in [1.165, 1.54) is 12.3 Å². The number of nitro groups is 1. The summed E-state index contributed by atoms with van der Waals surface area (Å²) in [6, 6.07) is 1.24. The quantitative estimate of drug-likeness (QED) is 0.631. The second-order valence-corrected chi connectivity index (χ2v) is 6.16. The Morgan fingerprint density at radius 3 is 3.05 bits per heavy atom. The van der Waals surface area contributed by atoms with E-state index in [-0.39, 0.29) is 16.8 Å². The van der Waals surface area contributed by atoms with Gasteiger partial charge in [-0.3, -0.25) is 10.1 Å². The van der Waals surface area contributed by atoms with E-state index in [9.17, 15) is 10.1 Å². The Balaban J connectivity index is 1.95. The van der Waals surface area contributed by atoms with Crippen molar-refractivity contribution in [3.05, 3.63) is 43.5 Å². The van der Waals surface area contributed by atoms with Crippen molar-refractivity contribution >= 4 is 34.4 Å². The molecule has 0 unspecified atom stereocenters. The van der Waals surface area contributed by atoms with Crippen molar-refractivity contribution in [3.8, 4) is 0 Å². The maximum absolute atomic E-state index is 10.8. The van der Waals surface area contributed by atoms with Gasteiger partial charge in [0.05, 0.1) is 23.2 Å². The van der Waals surface area contributed by atoms with Gasteiger partial charge in [0.15, 0.2) is 0 Å². The number of morpholine rings is 1. The Morgan fingerprint density at radius 1 is 1.59 bits per heavy atom. The highest BCUT2D eigenvalue weighted by Gasteiger charge is 2.30. The molecule has 0 N–H and O–H groups in total. The van der Waals surface area contributed by atoms with Crippen molar-refractivity contribution in [2.24, 2.45) is 0 Å². The summed E-state index contributed by atoms with van der Waals surface area (Å²) in [4.78, 5) is 21.0. The standard InChI is InChI=1S/C13H13ClN4O3S/c1-8-7-22-13(16-8)11-6-21-3-2-17(11)12-10(14)4-9(5-15-12)18(19)20/h4-5,7,11H,2-3,6H2,1H3/t11-/m1/s1. The molecular formula is C13H13ClN4O3S. The summed E-state index contributed by atoms with van der Waals surface area (Å²) in [6.45, 7) is 3.58. The van der Waals surface area contributed by atoms with Gasteiger partial charge in [-0.2, -0.15) is 0 Å². The molecule has 1 aliphatic rings. The number of thiazole rings is 1. The molecule has 1 saturated heterocycles. The zero-order chi connectivity index (χ0) is 15.7. The summed E-state index contributed by atoms with van der Waals surface area (Å²) in [5.41, 5.74) is 0.830. The molecule has 9 heteroatoms. The third-order valence-electron chi connectivity index (χ3n) is 3.34. The Morgan fingerprint density at radius 2 is 2.41 bits per heavy atom. The van der Waals surface area contributed by atoms with Crippen LogP contribution in [-0.2, 0) is 4.74 Å². The number of pyridine rings is 1. The maximum atomic E-state index is 10.8. The molecule has 0 radical (unpaired) electrons. The van der Waals surface area contributed by atoms with E-state index in [4.69, 9.17) is 16.3 Å². The van der Waals surface area contributed by atoms with Crippen molar-refractivity contribution in [2.75, 3.05) is 24.7 Å². The predicted molar refractivity (Wildman–Crippen MR) is 83.7 cm³/mol. The highest BCUT2D eigenvalue weighted by Crippen LogP contribution is 2.35. The first-order chi connectivity index (χ1) is 10.6. The lowest BCUT2D eigenvalue weighted by molar-refractivity contribution is -0.385. The van der Waals surface area contributed by atoms with Gasteiger partial charge in [-0.05, 0) is 6.92 Å². The highest BCUT2D eigenvalue weighted by molar-refractivity contribution is 7.09. The van der Waals surface area contributed by atoms with Crippen LogP contribution in [0.4, 0.5) is 11.5 Å². The number of rotatable bonds is 3. The van der Waals surface area contributed by atoms with Crippen molar-refractivity contribution in [1.82, 2.24) is 9.97 Å². The number of hydrogen-bond acceptors (Lipinski definition) is 7. The minimum atomic E-state index is -0.510. The summed E-state index contributed by atoms with van der Waals surface area (Å²) in [7, 11) is 0. The fraction of sp³-hybridized carbons (Fsp3) is 0.385. The Bertz CT molecular complexity index is 708. The van der Waals surface area contributed by atoms with Crippen LogP contribution in [0.1, 0.15) is 16.7 Å². The second-order valence-electron chi connectivity index (χ2n) is 4.87. The van der Waals surface area contributed by atoms with Crippen LogP contribution in [0.25, 0.3) is 0 Å². The van der Waals surface area contributed by atoms with Gasteiger partial charge in [0, 0.05) is 23.7 Å². The largest absolute Gasteiger partial charge is 0.377 e. The van der Waals surface area contributed by atoms with E-state index >= 15 is 0 Å². The van der Waals surface area contributed by atoms with Crippen LogP contribution in [0.3, 0.4) is 0 Å². The highest BCUT2D eigenvalue weighted by atomic mass is 35.5. The van der Waals surface area contributed by atoms with Crippen molar-refractivity contribution < 1.29 is 9.66 Å². The fourth-order valence-electron chi connectivity index (χ4n) is 2.32. The van der Waals surface area contributed by atoms with Gasteiger partial charge in [-0.1, -0.05) is 11.6 Å². The molecule has 0 spiro atoms. The van der Waals surface area contributed by atoms with E-state index in [0.29, 0.717) is 25.6 Å². The van der Waals surface area contributed by atoms with E-state index in [2.05, 4.69) is 9.97 Å². The number of anilines is 1. The summed E-state index contributed by atoms with van der Waals surface area (Å²) in [5, 5.41) is 14.0. The molecule has 0 bridgehead atoms. The molecule has 0 aromatic carbocycles. The van der Waals surface area contributed by atoms with Crippen LogP contribution in [0, 0.1) is 17.0 Å². The summed E-state index contributed by atoms with van der Waals surface area (Å²) in [6.07, 6.45) is 1.22. The molecule has 22 heavy (non-hydrogen) atoms. The average Bonchev–Trinajstić information content (AvgIpc) is 2.93. The lowest BCUT2D eigenvalue weighted by Gasteiger charge is -2.35. The molecule has 3 rings (SSSR count). The van der Waals surface area contributed by atoms with Crippen molar-refractivity contribution in [1.29, 1.82) is 0 Å². The summed E-state index contributed by atoms with van der Waals surface area (Å²) < 4.78 is 5.55. The molecule has 0 saturated carbocycles. The molecule has 2 aromatic rings. The van der Waals surface area contributed by atoms with Gasteiger partial charge in [-0.15, -0.1) is 11.3 Å². The Kier molecular flexibility index (Phi) is 4.23. The van der Waals surface area contributed by atoms with Crippen LogP contribution in [-0.4, -0.2) is 34.6 Å². The lowest BCUT2D eigenvalue weighted by atomic mass is 10.2. The molecule has 7 nitrogen and oxygen atoms in total. The first kappa shape index (κ1) is 15.1. The monoisotopic (exact) mass is 340 g/mol. The topological polar surface area (TPSA) is 81.4 Å². The van der Waals surface area contributed by atoms with Crippen LogP contribution < -0.4 is 4.90 Å². The summed E-state index contributed by atoms with van der Waals surface area (Å²) in [5.74, 6) is 0.522. The molecule has 1 aliphatic heterocycles. The number of halogens is 1. The fourth-order valence-corrected chi connectivity index (χ4v) is 3.48. The minimum absolute atomic E-state index is 0.0843. The van der Waals surface area contributed by atoms with Crippen molar-refractivity contribution in [3.63, 3.8) is 0 Å². The maximum Gasteiger partial charge on any atom is 0.289 e. The van der Waals surface area contributed by atoms with E-state index in [0.717, 1.165) is 10.7 Å². The molecular weight excluding hydrogens is 328 g/mol. The second kappa shape index (κ2) is 6.15. The molecule has 1 fully saturated rings. The Hall–Kier alpha value is -1.77. The molecule has 2 aromatic heterocycles. The van der Waals surface area contributed by atoms with E-state index in [1.807, 2.05) is 17.2 Å². The van der Waals surface area contributed by atoms with Crippen molar-refractivity contribution in [2.45, 2.75) is 13.0 Å². The normalized spacial score (nSPS) is 18.5. The van der Waals surface area contributed by atoms with Gasteiger partial charge < -0.3 is 9.64 Å². The molecule has 3 heterocycles. The zero-order valence-corrected chi connectivity index (χ0v) is 13.3.